The van der Waals surface area contributed by atoms with Crippen molar-refractivity contribution in [1.29, 1.82) is 0 Å². The Morgan fingerprint density at radius 2 is 1.61 bits per heavy atom. The van der Waals surface area contributed by atoms with Crippen LogP contribution in [-0.4, -0.2) is 32.9 Å². The minimum Gasteiger partial charge on any atom is -0.497 e. The van der Waals surface area contributed by atoms with Gasteiger partial charge in [-0.05, 0) is 59.7 Å². The van der Waals surface area contributed by atoms with Crippen molar-refractivity contribution in [3.63, 3.8) is 0 Å². The summed E-state index contributed by atoms with van der Waals surface area (Å²) in [5.41, 5.74) is 2.21. The first-order chi connectivity index (χ1) is 15.8. The molecule has 1 heterocycles. The van der Waals surface area contributed by atoms with E-state index >= 15 is 0 Å². The van der Waals surface area contributed by atoms with Crippen LogP contribution in [0.5, 0.6) is 5.75 Å². The number of carbonyl (C=O) groups is 1. The maximum Gasteiger partial charge on any atom is 0.307 e. The van der Waals surface area contributed by atoms with E-state index in [4.69, 9.17) is 21.1 Å². The van der Waals surface area contributed by atoms with Gasteiger partial charge >= 0.3 is 5.97 Å². The van der Waals surface area contributed by atoms with Crippen molar-refractivity contribution in [2.45, 2.75) is 23.5 Å². The first kappa shape index (κ1) is 23.1. The SMILES string of the molecule is COC(=O)C[C@@H]1c2ccccc2[C@H](Nc2ccc(OC)cc2)N1S(=O)(=O)c1ccc(Cl)cc1. The Labute approximate surface area is 197 Å². The minimum absolute atomic E-state index is 0.0797. The van der Waals surface area contributed by atoms with Crippen LogP contribution in [0.1, 0.15) is 29.8 Å². The van der Waals surface area contributed by atoms with Gasteiger partial charge in [-0.3, -0.25) is 4.79 Å². The van der Waals surface area contributed by atoms with Gasteiger partial charge in [0, 0.05) is 10.7 Å². The quantitative estimate of drug-likeness (QED) is 0.484. The number of benzene rings is 3. The number of sulfonamides is 1. The monoisotopic (exact) mass is 486 g/mol. The second kappa shape index (κ2) is 9.43. The smallest absolute Gasteiger partial charge is 0.307 e. The zero-order chi connectivity index (χ0) is 23.6. The van der Waals surface area contributed by atoms with Crippen LogP contribution >= 0.6 is 11.6 Å². The van der Waals surface area contributed by atoms with E-state index < -0.39 is 28.2 Å². The number of ether oxygens (including phenoxy) is 2. The molecule has 4 rings (SSSR count). The minimum atomic E-state index is -4.03. The number of hydrogen-bond donors (Lipinski definition) is 1. The summed E-state index contributed by atoms with van der Waals surface area (Å²) in [5, 5.41) is 3.75. The average Bonchev–Trinajstić information content (AvgIpc) is 3.13. The fourth-order valence-electron chi connectivity index (χ4n) is 3.98. The molecule has 172 valence electrons. The zero-order valence-electron chi connectivity index (χ0n) is 18.1. The van der Waals surface area contributed by atoms with Crippen molar-refractivity contribution in [2.24, 2.45) is 0 Å². The summed E-state index contributed by atoms with van der Waals surface area (Å²) in [6, 6.07) is 19.8. The molecular weight excluding hydrogens is 464 g/mol. The van der Waals surface area contributed by atoms with Gasteiger partial charge in [-0.2, -0.15) is 4.31 Å². The van der Waals surface area contributed by atoms with E-state index in [2.05, 4.69) is 5.32 Å². The van der Waals surface area contributed by atoms with E-state index in [9.17, 15) is 13.2 Å². The third-order valence-corrected chi connectivity index (χ3v) is 7.72. The lowest BCUT2D eigenvalue weighted by molar-refractivity contribution is -0.141. The van der Waals surface area contributed by atoms with Crippen LogP contribution in [0.4, 0.5) is 5.69 Å². The van der Waals surface area contributed by atoms with Gasteiger partial charge in [-0.15, -0.1) is 0 Å². The lowest BCUT2D eigenvalue weighted by Gasteiger charge is -2.30. The lowest BCUT2D eigenvalue weighted by atomic mass is 10.0. The Bertz CT molecular complexity index is 1250. The van der Waals surface area contributed by atoms with Crippen LogP contribution in [0.3, 0.4) is 0 Å². The van der Waals surface area contributed by atoms with Gasteiger partial charge in [0.25, 0.3) is 0 Å². The molecule has 0 aromatic heterocycles. The summed E-state index contributed by atoms with van der Waals surface area (Å²) >= 11 is 5.98. The Morgan fingerprint density at radius 1 is 0.970 bits per heavy atom. The predicted molar refractivity (Wildman–Crippen MR) is 126 cm³/mol. The number of methoxy groups -OCH3 is 2. The third kappa shape index (κ3) is 4.55. The van der Waals surface area contributed by atoms with Crippen LogP contribution in [0.25, 0.3) is 0 Å². The molecule has 9 heteroatoms. The highest BCUT2D eigenvalue weighted by Crippen LogP contribution is 2.47. The molecule has 3 aromatic carbocycles. The molecule has 1 aliphatic rings. The summed E-state index contributed by atoms with van der Waals surface area (Å²) in [5.74, 6) is 0.179. The molecule has 33 heavy (non-hydrogen) atoms. The zero-order valence-corrected chi connectivity index (χ0v) is 19.6. The summed E-state index contributed by atoms with van der Waals surface area (Å²) in [7, 11) is -1.17. The molecule has 0 aliphatic carbocycles. The largest absolute Gasteiger partial charge is 0.497 e. The number of nitrogens with zero attached hydrogens (tertiary/aromatic N) is 1. The van der Waals surface area contributed by atoms with Crippen molar-refractivity contribution in [3.8, 4) is 5.75 Å². The van der Waals surface area contributed by atoms with Crippen molar-refractivity contribution < 1.29 is 22.7 Å². The highest BCUT2D eigenvalue weighted by molar-refractivity contribution is 7.89. The van der Waals surface area contributed by atoms with Gasteiger partial charge in [0.2, 0.25) is 10.0 Å². The number of halogens is 1. The molecule has 1 aliphatic heterocycles. The second-order valence-corrected chi connectivity index (χ2v) is 9.77. The molecule has 2 atom stereocenters. The number of carbonyl (C=O) groups excluding carboxylic acids is 1. The molecule has 0 saturated carbocycles. The molecule has 3 aromatic rings. The Balaban J connectivity index is 1.83. The van der Waals surface area contributed by atoms with E-state index in [0.717, 1.165) is 11.1 Å². The fourth-order valence-corrected chi connectivity index (χ4v) is 5.80. The van der Waals surface area contributed by atoms with Gasteiger partial charge in [0.15, 0.2) is 0 Å². The molecular formula is C24H23ClN2O5S. The van der Waals surface area contributed by atoms with Crippen molar-refractivity contribution in [1.82, 2.24) is 4.31 Å². The maximum atomic E-state index is 13.9. The van der Waals surface area contributed by atoms with Crippen molar-refractivity contribution in [2.75, 3.05) is 19.5 Å². The fraction of sp³-hybridized carbons (Fsp3) is 0.208. The highest BCUT2D eigenvalue weighted by Gasteiger charge is 2.46. The number of hydrogen-bond acceptors (Lipinski definition) is 6. The van der Waals surface area contributed by atoms with Crippen LogP contribution in [0.2, 0.25) is 5.02 Å². The topological polar surface area (TPSA) is 84.9 Å². The molecule has 0 amide bonds. The molecule has 7 nitrogen and oxygen atoms in total. The predicted octanol–water partition coefficient (Wildman–Crippen LogP) is 4.77. The Hall–Kier alpha value is -3.07. The van der Waals surface area contributed by atoms with Gasteiger partial charge in [-0.25, -0.2) is 8.42 Å². The molecule has 0 saturated heterocycles. The summed E-state index contributed by atoms with van der Waals surface area (Å²) in [4.78, 5) is 12.4. The lowest BCUT2D eigenvalue weighted by Crippen LogP contribution is -2.37. The molecule has 1 N–H and O–H groups in total. The Morgan fingerprint density at radius 3 is 2.21 bits per heavy atom. The average molecular weight is 487 g/mol. The van der Waals surface area contributed by atoms with E-state index in [1.807, 2.05) is 36.4 Å². The number of anilines is 1. The Kier molecular flexibility index (Phi) is 6.60. The van der Waals surface area contributed by atoms with Crippen LogP contribution in [0, 0.1) is 0 Å². The molecule has 0 radical (unpaired) electrons. The van der Waals surface area contributed by atoms with Crippen LogP contribution in [-0.2, 0) is 19.6 Å². The first-order valence-electron chi connectivity index (χ1n) is 10.2. The summed E-state index contributed by atoms with van der Waals surface area (Å²) in [6.45, 7) is 0. The van der Waals surface area contributed by atoms with Gasteiger partial charge in [0.05, 0.1) is 31.6 Å². The number of nitrogens with one attached hydrogen (secondary N) is 1. The van der Waals surface area contributed by atoms with Crippen LogP contribution < -0.4 is 10.1 Å². The standard InChI is InChI=1S/C24H23ClN2O5S/c1-31-18-11-9-17(10-12-18)26-24-21-6-4-3-5-20(21)22(15-23(28)32-2)27(24)33(29,30)19-13-7-16(25)8-14-19/h3-14,22,24,26H,15H2,1-2H3/t22-,24-/m1/s1. The number of rotatable bonds is 7. The third-order valence-electron chi connectivity index (χ3n) is 5.58. The van der Waals surface area contributed by atoms with Crippen molar-refractivity contribution in [3.05, 3.63) is 88.9 Å². The second-order valence-electron chi connectivity index (χ2n) is 7.49. The first-order valence-corrected chi connectivity index (χ1v) is 12.0. The van der Waals surface area contributed by atoms with E-state index in [1.54, 1.807) is 19.2 Å². The summed E-state index contributed by atoms with van der Waals surface area (Å²) < 4.78 is 39.2. The normalized spacial score (nSPS) is 17.9. The van der Waals surface area contributed by atoms with Gasteiger partial charge in [0.1, 0.15) is 11.9 Å². The van der Waals surface area contributed by atoms with Crippen molar-refractivity contribution >= 4 is 33.3 Å². The molecule has 0 fully saturated rings. The van der Waals surface area contributed by atoms with E-state index in [1.165, 1.54) is 35.7 Å². The van der Waals surface area contributed by atoms with Gasteiger partial charge in [-0.1, -0.05) is 35.9 Å². The highest BCUT2D eigenvalue weighted by atomic mass is 35.5. The van der Waals surface area contributed by atoms with E-state index in [-0.39, 0.29) is 11.3 Å². The van der Waals surface area contributed by atoms with Crippen LogP contribution in [0.15, 0.2) is 77.7 Å². The number of esters is 1. The molecule has 0 unspecified atom stereocenters. The van der Waals surface area contributed by atoms with Gasteiger partial charge < -0.3 is 14.8 Å². The summed E-state index contributed by atoms with van der Waals surface area (Å²) in [6.07, 6.45) is -0.869. The van der Waals surface area contributed by atoms with E-state index in [0.29, 0.717) is 16.5 Å². The maximum absolute atomic E-state index is 13.9. The molecule has 0 spiro atoms. The molecule has 0 bridgehead atoms. The number of fused-ring (bicyclic) bond motifs is 1.